The molecule has 1 heterocycles. The molecule has 2 N–H and O–H groups in total. The Kier molecular flexibility index (Phi) is 6.14. The third kappa shape index (κ3) is 5.22. The van der Waals surface area contributed by atoms with Crippen molar-refractivity contribution in [3.63, 3.8) is 0 Å². The van der Waals surface area contributed by atoms with Gasteiger partial charge in [0.2, 0.25) is 11.8 Å². The monoisotopic (exact) mass is 418 g/mol. The molecule has 0 radical (unpaired) electrons. The zero-order valence-electron chi connectivity index (χ0n) is 15.6. The fourth-order valence-corrected chi connectivity index (χ4v) is 2.74. The van der Waals surface area contributed by atoms with Crippen LogP contribution in [-0.2, 0) is 22.3 Å². The molecule has 0 aliphatic carbocycles. The summed E-state index contributed by atoms with van der Waals surface area (Å²) in [6.45, 7) is -0.314. The van der Waals surface area contributed by atoms with Crippen LogP contribution in [0.1, 0.15) is 12.0 Å². The number of halogens is 3. The van der Waals surface area contributed by atoms with Gasteiger partial charge in [-0.05, 0) is 30.3 Å². The maximum Gasteiger partial charge on any atom is 0.416 e. The van der Waals surface area contributed by atoms with E-state index in [0.29, 0.717) is 10.9 Å². The number of amides is 2. The molecule has 0 unspecified atom stereocenters. The number of carbonyl (C=O) groups is 2. The van der Waals surface area contributed by atoms with Gasteiger partial charge in [-0.2, -0.15) is 13.2 Å². The Bertz CT molecular complexity index is 1140. The highest BCUT2D eigenvalue weighted by Crippen LogP contribution is 2.30. The second-order valence-corrected chi connectivity index (χ2v) is 6.42. The van der Waals surface area contributed by atoms with Crippen LogP contribution in [0.15, 0.2) is 59.7 Å². The molecule has 0 bridgehead atoms. The molecule has 2 aromatic carbocycles. The van der Waals surface area contributed by atoms with Crippen molar-refractivity contribution in [3.8, 4) is 0 Å². The van der Waals surface area contributed by atoms with Gasteiger partial charge in [-0.25, -0.2) is 4.98 Å². The van der Waals surface area contributed by atoms with Crippen molar-refractivity contribution in [1.82, 2.24) is 14.9 Å². The minimum Gasteiger partial charge on any atom is -0.354 e. The van der Waals surface area contributed by atoms with Crippen molar-refractivity contribution < 1.29 is 22.8 Å². The summed E-state index contributed by atoms with van der Waals surface area (Å²) in [6.07, 6.45) is -3.39. The van der Waals surface area contributed by atoms with Crippen molar-refractivity contribution in [2.24, 2.45) is 0 Å². The average molecular weight is 418 g/mol. The first kappa shape index (κ1) is 21.0. The summed E-state index contributed by atoms with van der Waals surface area (Å²) in [7, 11) is 0. The Hall–Kier alpha value is -3.69. The van der Waals surface area contributed by atoms with Crippen LogP contribution in [0.25, 0.3) is 10.9 Å². The number of carbonyl (C=O) groups excluding carboxylic acids is 2. The van der Waals surface area contributed by atoms with Crippen molar-refractivity contribution >= 4 is 28.4 Å². The van der Waals surface area contributed by atoms with Gasteiger partial charge in [0.15, 0.2) is 0 Å². The van der Waals surface area contributed by atoms with E-state index in [4.69, 9.17) is 0 Å². The van der Waals surface area contributed by atoms with Gasteiger partial charge in [-0.3, -0.25) is 19.0 Å². The van der Waals surface area contributed by atoms with Crippen LogP contribution >= 0.6 is 0 Å². The predicted octanol–water partition coefficient (Wildman–Crippen LogP) is 2.56. The lowest BCUT2D eigenvalue weighted by Crippen LogP contribution is -2.34. The molecule has 0 spiro atoms. The zero-order chi connectivity index (χ0) is 21.7. The van der Waals surface area contributed by atoms with Crippen LogP contribution in [0.2, 0.25) is 0 Å². The van der Waals surface area contributed by atoms with Crippen molar-refractivity contribution in [2.45, 2.75) is 19.1 Å². The number of hydrogen-bond acceptors (Lipinski definition) is 4. The maximum absolute atomic E-state index is 12.7. The Morgan fingerprint density at radius 2 is 1.80 bits per heavy atom. The highest BCUT2D eigenvalue weighted by molar-refractivity contribution is 5.91. The van der Waals surface area contributed by atoms with Crippen molar-refractivity contribution in [3.05, 3.63) is 70.8 Å². The quantitative estimate of drug-likeness (QED) is 0.644. The first-order valence-corrected chi connectivity index (χ1v) is 8.92. The van der Waals surface area contributed by atoms with Crippen LogP contribution in [0.3, 0.4) is 0 Å². The van der Waals surface area contributed by atoms with Crippen LogP contribution in [0, 0.1) is 0 Å². The number of anilines is 1. The first-order chi connectivity index (χ1) is 14.2. The number of nitrogens with zero attached hydrogens (tertiary/aromatic N) is 2. The lowest BCUT2D eigenvalue weighted by atomic mass is 10.2. The first-order valence-electron chi connectivity index (χ1n) is 8.92. The fraction of sp³-hybridized carbons (Fsp3) is 0.200. The van der Waals surface area contributed by atoms with E-state index < -0.39 is 23.6 Å². The second-order valence-electron chi connectivity index (χ2n) is 6.42. The molecule has 0 atom stereocenters. The molecule has 10 heteroatoms. The summed E-state index contributed by atoms with van der Waals surface area (Å²) in [5.41, 5.74) is -0.707. The Morgan fingerprint density at radius 3 is 2.57 bits per heavy atom. The summed E-state index contributed by atoms with van der Waals surface area (Å²) < 4.78 is 39.3. The van der Waals surface area contributed by atoms with Gasteiger partial charge >= 0.3 is 6.18 Å². The van der Waals surface area contributed by atoms with Crippen LogP contribution < -0.4 is 16.2 Å². The van der Waals surface area contributed by atoms with Crippen molar-refractivity contribution in [1.29, 1.82) is 0 Å². The van der Waals surface area contributed by atoms with Gasteiger partial charge in [-0.1, -0.05) is 18.2 Å². The number of nitrogens with one attached hydrogen (secondary N) is 2. The molecule has 0 saturated heterocycles. The minimum absolute atomic E-state index is 0.00921. The number of fused-ring (bicyclic) bond motifs is 1. The molecule has 3 aromatic rings. The van der Waals surface area contributed by atoms with E-state index in [2.05, 4.69) is 15.6 Å². The molecular formula is C20H17F3N4O3. The highest BCUT2D eigenvalue weighted by Gasteiger charge is 2.30. The molecule has 0 fully saturated rings. The maximum atomic E-state index is 12.7. The summed E-state index contributed by atoms with van der Waals surface area (Å²) in [6, 6.07) is 11.0. The fourth-order valence-electron chi connectivity index (χ4n) is 2.74. The topological polar surface area (TPSA) is 93.1 Å². The largest absolute Gasteiger partial charge is 0.416 e. The third-order valence-electron chi connectivity index (χ3n) is 4.19. The number of para-hydroxylation sites is 1. The number of benzene rings is 2. The smallest absolute Gasteiger partial charge is 0.354 e. The van der Waals surface area contributed by atoms with E-state index in [9.17, 15) is 27.6 Å². The molecule has 0 saturated carbocycles. The summed E-state index contributed by atoms with van der Waals surface area (Å²) in [5, 5.41) is 5.23. The molecule has 1 aromatic heterocycles. The second kappa shape index (κ2) is 8.76. The van der Waals surface area contributed by atoms with Gasteiger partial charge in [0.1, 0.15) is 6.54 Å². The normalized spacial score (nSPS) is 11.3. The standard InChI is InChI=1S/C20H17F3N4O3/c21-20(22,23)13-4-3-5-14(10-13)26-17(28)8-9-24-18(29)11-27-12-25-16-7-2-1-6-15(16)19(27)30/h1-7,10,12H,8-9,11H2,(H,24,29)(H,26,28). The molecular weight excluding hydrogens is 401 g/mol. The lowest BCUT2D eigenvalue weighted by molar-refractivity contribution is -0.137. The number of hydrogen-bond donors (Lipinski definition) is 2. The Labute approximate surface area is 168 Å². The average Bonchev–Trinajstić information content (AvgIpc) is 2.70. The summed E-state index contributed by atoms with van der Waals surface area (Å²) in [4.78, 5) is 40.4. The SMILES string of the molecule is O=C(Cn1cnc2ccccc2c1=O)NCCC(=O)Nc1cccc(C(F)(F)F)c1. The third-order valence-corrected chi connectivity index (χ3v) is 4.19. The Morgan fingerprint density at radius 1 is 1.03 bits per heavy atom. The summed E-state index contributed by atoms with van der Waals surface area (Å²) in [5.74, 6) is -1.06. The Balaban J connectivity index is 1.51. The minimum atomic E-state index is -4.51. The van der Waals surface area contributed by atoms with E-state index >= 15 is 0 Å². The van der Waals surface area contributed by atoms with Gasteiger partial charge < -0.3 is 10.6 Å². The summed E-state index contributed by atoms with van der Waals surface area (Å²) >= 11 is 0. The number of rotatable bonds is 6. The van der Waals surface area contributed by atoms with Crippen LogP contribution in [0.4, 0.5) is 18.9 Å². The molecule has 0 aliphatic heterocycles. The number of aromatic nitrogens is 2. The highest BCUT2D eigenvalue weighted by atomic mass is 19.4. The van der Waals surface area contributed by atoms with Crippen LogP contribution in [-0.4, -0.2) is 27.9 Å². The number of alkyl halides is 3. The van der Waals surface area contributed by atoms with E-state index in [1.807, 2.05) is 0 Å². The molecule has 3 rings (SSSR count). The van der Waals surface area contributed by atoms with E-state index in [1.54, 1.807) is 24.3 Å². The van der Waals surface area contributed by atoms with Crippen LogP contribution in [0.5, 0.6) is 0 Å². The lowest BCUT2D eigenvalue weighted by Gasteiger charge is -2.10. The van der Waals surface area contributed by atoms with Gasteiger partial charge in [-0.15, -0.1) is 0 Å². The van der Waals surface area contributed by atoms with E-state index in [1.165, 1.54) is 18.5 Å². The molecule has 7 nitrogen and oxygen atoms in total. The molecule has 156 valence electrons. The molecule has 0 aliphatic rings. The van der Waals surface area contributed by atoms with E-state index in [0.717, 1.165) is 16.7 Å². The van der Waals surface area contributed by atoms with Gasteiger partial charge in [0.25, 0.3) is 5.56 Å². The molecule has 2 amide bonds. The van der Waals surface area contributed by atoms with E-state index in [-0.39, 0.29) is 30.8 Å². The predicted molar refractivity (Wildman–Crippen MR) is 104 cm³/mol. The zero-order valence-corrected chi connectivity index (χ0v) is 15.6. The van der Waals surface area contributed by atoms with Crippen molar-refractivity contribution in [2.75, 3.05) is 11.9 Å². The molecule has 30 heavy (non-hydrogen) atoms. The van der Waals surface area contributed by atoms with Gasteiger partial charge in [0, 0.05) is 18.7 Å². The van der Waals surface area contributed by atoms with Gasteiger partial charge in [0.05, 0.1) is 22.8 Å².